The third-order valence-corrected chi connectivity index (χ3v) is 13.1. The largest absolute Gasteiger partial charge is 0.481 e. The fourth-order valence-corrected chi connectivity index (χ4v) is 8.32. The smallest absolute Gasteiger partial charge is 0.303 e. The molecule has 25 N–H and O–H groups in total. The summed E-state index contributed by atoms with van der Waals surface area (Å²) < 4.78 is 0. The van der Waals surface area contributed by atoms with E-state index in [0.717, 1.165) is 46.0 Å². The molecular weight excluding hydrogens is 1100 g/mol. The number of amides is 10. The number of carbonyl (C=O) groups excluding carboxylic acids is 10. The summed E-state index contributed by atoms with van der Waals surface area (Å²) in [5, 5.41) is 88.6. The van der Waals surface area contributed by atoms with Gasteiger partial charge < -0.3 is 102 Å². The molecule has 0 radical (unpaired) electrons. The first kappa shape index (κ1) is 76.5. The predicted octanol–water partition coefficient (Wildman–Crippen LogP) is -4.77. The first-order valence-corrected chi connectivity index (χ1v) is 28.6. The summed E-state index contributed by atoms with van der Waals surface area (Å²) in [6, 6.07) is -13.7. The molecule has 480 valence electrons. The normalized spacial score (nSPS) is 14.6. The second kappa shape index (κ2) is 44.1. The minimum Gasteiger partial charge on any atom is -0.481 e. The van der Waals surface area contributed by atoms with Gasteiger partial charge in [0.25, 0.3) is 0 Å². The van der Waals surface area contributed by atoms with Crippen LogP contribution in [0.25, 0.3) is 0 Å². The first-order chi connectivity index (χ1) is 39.7. The lowest BCUT2D eigenvalue weighted by Crippen LogP contribution is -2.63. The maximum absolute atomic E-state index is 14.0. The van der Waals surface area contributed by atoms with Crippen molar-refractivity contribution in [3.05, 3.63) is 0 Å². The molecule has 0 heterocycles. The monoisotopic (exact) mass is 1200 g/mol. The Labute approximate surface area is 489 Å². The Bertz CT molecular complexity index is 2120. The minimum atomic E-state index is -1.94. The number of nitrogens with two attached hydrogens (primary N) is 4. The lowest BCUT2D eigenvalue weighted by Gasteiger charge is -2.28. The van der Waals surface area contributed by atoms with Crippen molar-refractivity contribution in [3.63, 3.8) is 0 Å². The molecule has 0 spiro atoms. The van der Waals surface area contributed by atoms with Crippen molar-refractivity contribution in [3.8, 4) is 0 Å². The molecule has 0 aromatic heterocycles. The van der Waals surface area contributed by atoms with Crippen molar-refractivity contribution >= 4 is 77.0 Å². The Morgan fingerprint density at radius 2 is 0.738 bits per heavy atom. The second-order valence-corrected chi connectivity index (χ2v) is 20.5. The van der Waals surface area contributed by atoms with Crippen molar-refractivity contribution in [2.75, 3.05) is 26.3 Å². The van der Waals surface area contributed by atoms with Gasteiger partial charge in [0.1, 0.15) is 48.3 Å². The number of aliphatic hydroxyl groups excluding tert-OH is 4. The number of carbonyl (C=O) groups is 11. The molecule has 84 heavy (non-hydrogen) atoms. The number of unbranched alkanes of at least 4 members (excludes halogenated alkanes) is 12. The van der Waals surface area contributed by atoms with E-state index in [1.54, 1.807) is 0 Å². The third-order valence-electron chi connectivity index (χ3n) is 13.1. The number of primary amides is 2. The first-order valence-electron chi connectivity index (χ1n) is 28.6. The molecule has 0 aromatic rings. The highest BCUT2D eigenvalue weighted by atomic mass is 16.4. The summed E-state index contributed by atoms with van der Waals surface area (Å²) in [5.41, 5.74) is 21.4. The SMILES string of the molecule is CCCCCCCCCCCCCCCC(=O)N[C@@H](CCCNC(=N)N)C(=O)N[C@@H](CCC(N)=O)C(=O)N[C@H](C(=O)N[C@@H](CCCNC(=N)N)C(=O)N[C@@H](CO)C(=O)N[C@@H](CO)C(=O)N[C@H](C(=O)N[C@@H](CCC(=O)O)C(N)=O)[C@@H](C)O)[C@@H](C)O. The van der Waals surface area contributed by atoms with Crippen molar-refractivity contribution < 1.29 is 78.3 Å². The number of rotatable bonds is 48. The van der Waals surface area contributed by atoms with Crippen molar-refractivity contribution in [2.24, 2.45) is 22.9 Å². The van der Waals surface area contributed by atoms with E-state index in [9.17, 15) is 73.2 Å². The van der Waals surface area contributed by atoms with E-state index in [0.29, 0.717) is 6.42 Å². The van der Waals surface area contributed by atoms with E-state index in [2.05, 4.69) is 60.1 Å². The molecule has 0 aliphatic heterocycles. The van der Waals surface area contributed by atoms with Crippen LogP contribution in [0, 0.1) is 10.8 Å². The number of aliphatic hydroxyl groups is 4. The number of hydrogen-bond acceptors (Lipinski definition) is 17. The standard InChI is InChI=1S/C52H96N16O16/c1-4-5-6-7-8-9-10-11-12-13-14-15-16-21-39(74)61-33(19-17-26-59-51(55)56)44(78)63-35(22-24-38(53)73)46(80)67-42(31(3)72)50(84)64-34(20-18-27-60-52(57)58)45(79)65-36(28-69)47(81)66-37(29-70)48(82)68-41(30(2)71)49(83)62-32(43(54)77)23-25-40(75)76/h30-37,41-42,69-72H,4-29H2,1-3H3,(H2,53,73)(H2,54,77)(H,61,74)(H,62,83)(H,63,78)(H,64,84)(H,65,79)(H,66,81)(H,67,80)(H,68,82)(H,75,76)(H4,55,56,59)(H4,57,58,60)/t30-,31-,32+,33+,34+,35+,36+,37+,41+,42+/m1/s1. The molecular formula is C52H96N16O16. The molecule has 32 nitrogen and oxygen atoms in total. The highest BCUT2D eigenvalue weighted by Crippen LogP contribution is 2.14. The zero-order chi connectivity index (χ0) is 63.7. The number of aliphatic carboxylic acids is 1. The van der Waals surface area contributed by atoms with Crippen LogP contribution in [-0.2, 0) is 52.7 Å². The maximum atomic E-state index is 14.0. The van der Waals surface area contributed by atoms with Crippen LogP contribution < -0.4 is 76.1 Å². The van der Waals surface area contributed by atoms with E-state index in [4.69, 9.17) is 38.9 Å². The summed E-state index contributed by atoms with van der Waals surface area (Å²) in [6.45, 7) is 2.11. The highest BCUT2D eigenvalue weighted by molar-refractivity contribution is 5.98. The zero-order valence-electron chi connectivity index (χ0n) is 48.7. The van der Waals surface area contributed by atoms with Gasteiger partial charge in [0.2, 0.25) is 59.1 Å². The molecule has 10 atom stereocenters. The molecule has 0 saturated carbocycles. The van der Waals surface area contributed by atoms with Crippen LogP contribution in [0.3, 0.4) is 0 Å². The quantitative estimate of drug-likeness (QED) is 0.0154. The van der Waals surface area contributed by atoms with Gasteiger partial charge >= 0.3 is 5.97 Å². The number of carboxylic acid groups (broad SMARTS) is 1. The number of carboxylic acids is 1. The molecule has 0 unspecified atom stereocenters. The van der Waals surface area contributed by atoms with Gasteiger partial charge in [0.05, 0.1) is 25.4 Å². The number of guanidine groups is 2. The van der Waals surface area contributed by atoms with E-state index < -0.39 is 170 Å². The Morgan fingerprint density at radius 3 is 1.12 bits per heavy atom. The summed E-state index contributed by atoms with van der Waals surface area (Å²) in [5.74, 6) is -12.7. The van der Waals surface area contributed by atoms with Crippen molar-refractivity contribution in [1.82, 2.24) is 53.2 Å². The fourth-order valence-electron chi connectivity index (χ4n) is 8.32. The van der Waals surface area contributed by atoms with Gasteiger partial charge in [-0.25, -0.2) is 0 Å². The maximum Gasteiger partial charge on any atom is 0.303 e. The fraction of sp³-hybridized carbons (Fsp3) is 0.750. The summed E-state index contributed by atoms with van der Waals surface area (Å²) in [6.07, 6.45) is 8.95. The Hall–Kier alpha value is -7.45. The Balaban J connectivity index is 6.30. The summed E-state index contributed by atoms with van der Waals surface area (Å²) in [7, 11) is 0. The van der Waals surface area contributed by atoms with Gasteiger partial charge in [-0.2, -0.15) is 0 Å². The Morgan fingerprint density at radius 1 is 0.405 bits per heavy atom. The molecule has 32 heteroatoms. The van der Waals surface area contributed by atoms with E-state index >= 15 is 0 Å². The molecule has 0 aliphatic rings. The van der Waals surface area contributed by atoms with E-state index in [1.807, 2.05) is 0 Å². The molecule has 0 fully saturated rings. The van der Waals surface area contributed by atoms with Crippen LogP contribution in [0.15, 0.2) is 0 Å². The summed E-state index contributed by atoms with van der Waals surface area (Å²) in [4.78, 5) is 143. The minimum absolute atomic E-state index is 0.00632. The molecule has 0 saturated heterocycles. The van der Waals surface area contributed by atoms with E-state index in [-0.39, 0.29) is 51.2 Å². The van der Waals surface area contributed by atoms with Crippen LogP contribution in [0.5, 0.6) is 0 Å². The van der Waals surface area contributed by atoms with Gasteiger partial charge in [0.15, 0.2) is 11.9 Å². The highest BCUT2D eigenvalue weighted by Gasteiger charge is 2.36. The molecule has 0 aromatic carbocycles. The molecule has 10 amide bonds. The zero-order valence-corrected chi connectivity index (χ0v) is 48.7. The average Bonchev–Trinajstić information content (AvgIpc) is 3.59. The number of hydrogen-bond donors (Lipinski definition) is 21. The molecule has 0 aliphatic carbocycles. The average molecular weight is 1200 g/mol. The van der Waals surface area contributed by atoms with Crippen LogP contribution >= 0.6 is 0 Å². The van der Waals surface area contributed by atoms with Gasteiger partial charge in [-0.3, -0.25) is 63.6 Å². The van der Waals surface area contributed by atoms with Gasteiger partial charge in [-0.15, -0.1) is 0 Å². The van der Waals surface area contributed by atoms with Gasteiger partial charge in [0, 0.05) is 32.4 Å². The number of nitrogens with one attached hydrogen (secondary N) is 12. The van der Waals surface area contributed by atoms with Crippen LogP contribution in [-0.4, -0.2) is 189 Å². The topological polar surface area (TPSA) is 561 Å². The molecule has 0 bridgehead atoms. The molecule has 0 rings (SSSR count). The van der Waals surface area contributed by atoms with Crippen molar-refractivity contribution in [1.29, 1.82) is 10.8 Å². The lowest BCUT2D eigenvalue weighted by atomic mass is 10.0. The predicted molar refractivity (Wildman–Crippen MR) is 306 cm³/mol. The van der Waals surface area contributed by atoms with Crippen LogP contribution in [0.4, 0.5) is 0 Å². The second-order valence-electron chi connectivity index (χ2n) is 20.5. The lowest BCUT2D eigenvalue weighted by molar-refractivity contribution is -0.139. The van der Waals surface area contributed by atoms with E-state index in [1.165, 1.54) is 44.9 Å². The van der Waals surface area contributed by atoms with Crippen molar-refractivity contribution in [2.45, 2.75) is 223 Å². The van der Waals surface area contributed by atoms with Crippen LogP contribution in [0.1, 0.15) is 162 Å². The van der Waals surface area contributed by atoms with Crippen LogP contribution in [0.2, 0.25) is 0 Å². The Kier molecular flexibility index (Phi) is 40.2. The van der Waals surface area contributed by atoms with Gasteiger partial charge in [-0.05, 0) is 58.8 Å². The van der Waals surface area contributed by atoms with Gasteiger partial charge in [-0.1, -0.05) is 84.0 Å². The summed E-state index contributed by atoms with van der Waals surface area (Å²) >= 11 is 0. The third kappa shape index (κ3) is 34.9.